The average Bonchev–Trinajstić information content (AvgIpc) is 3.19. The van der Waals surface area contributed by atoms with E-state index in [0.29, 0.717) is 5.92 Å². The van der Waals surface area contributed by atoms with Crippen LogP contribution in [0.1, 0.15) is 47.9 Å². The molecule has 3 atom stereocenters. The second-order valence-corrected chi connectivity index (χ2v) is 7.71. The van der Waals surface area contributed by atoms with Crippen molar-refractivity contribution >= 4 is 17.2 Å². The molecule has 24 heavy (non-hydrogen) atoms. The molecule has 1 aromatic carbocycles. The molecule has 0 aliphatic carbocycles. The summed E-state index contributed by atoms with van der Waals surface area (Å²) < 4.78 is 5.98. The maximum Gasteiger partial charge on any atom is 0.264 e. The molecule has 0 bridgehead atoms. The first kappa shape index (κ1) is 15.6. The Labute approximate surface area is 146 Å². The molecule has 1 amide bonds. The number of nitrogens with zero attached hydrogens (tertiary/aromatic N) is 2. The minimum absolute atomic E-state index is 0.108. The Hall–Kier alpha value is -1.88. The lowest BCUT2D eigenvalue weighted by Gasteiger charge is -2.34. The molecule has 2 aliphatic rings. The highest BCUT2D eigenvalue weighted by Gasteiger charge is 2.39. The number of aryl methyl sites for hydroxylation is 1. The van der Waals surface area contributed by atoms with Crippen LogP contribution in [-0.2, 0) is 4.79 Å². The first-order valence-corrected chi connectivity index (χ1v) is 9.48. The molecule has 126 valence electrons. The number of aromatic nitrogens is 1. The normalized spacial score (nSPS) is 26.1. The molecule has 2 aliphatic heterocycles. The quantitative estimate of drug-likeness (QED) is 0.835. The smallest absolute Gasteiger partial charge is 0.264 e. The molecule has 4 rings (SSSR count). The zero-order valence-corrected chi connectivity index (χ0v) is 14.9. The van der Waals surface area contributed by atoms with Crippen molar-refractivity contribution in [2.75, 3.05) is 13.1 Å². The monoisotopic (exact) mass is 342 g/mol. The van der Waals surface area contributed by atoms with Crippen LogP contribution in [0, 0.1) is 6.92 Å². The van der Waals surface area contributed by atoms with E-state index >= 15 is 0 Å². The Morgan fingerprint density at radius 2 is 2.21 bits per heavy atom. The third kappa shape index (κ3) is 2.71. The Morgan fingerprint density at radius 1 is 1.38 bits per heavy atom. The largest absolute Gasteiger partial charge is 0.480 e. The van der Waals surface area contributed by atoms with E-state index in [4.69, 9.17) is 4.74 Å². The van der Waals surface area contributed by atoms with E-state index in [1.807, 2.05) is 30.0 Å². The number of fused-ring (bicyclic) bond motifs is 1. The zero-order chi connectivity index (χ0) is 16.7. The van der Waals surface area contributed by atoms with E-state index in [9.17, 15) is 4.79 Å². The van der Waals surface area contributed by atoms with Crippen molar-refractivity contribution in [3.05, 3.63) is 45.9 Å². The van der Waals surface area contributed by atoms with Gasteiger partial charge in [0.15, 0.2) is 6.10 Å². The van der Waals surface area contributed by atoms with Crippen LogP contribution in [-0.4, -0.2) is 35.0 Å². The van der Waals surface area contributed by atoms with Crippen molar-refractivity contribution in [1.29, 1.82) is 0 Å². The third-order valence-electron chi connectivity index (χ3n) is 5.08. The number of amides is 1. The van der Waals surface area contributed by atoms with Gasteiger partial charge in [0.1, 0.15) is 5.75 Å². The number of carbonyl (C=O) groups is 1. The number of para-hydroxylation sites is 1. The highest BCUT2D eigenvalue weighted by molar-refractivity contribution is 7.09. The fourth-order valence-electron chi connectivity index (χ4n) is 3.75. The Bertz CT molecular complexity index is 757. The molecule has 0 saturated carbocycles. The second-order valence-electron chi connectivity index (χ2n) is 6.82. The minimum Gasteiger partial charge on any atom is -0.480 e. The summed E-state index contributed by atoms with van der Waals surface area (Å²) in [6.45, 7) is 5.69. The standard InChI is InChI=1S/C19H22N2O2S/c1-12-11-24-18(20-12)14-6-5-9-21(10-14)19(22)17-13(2)15-7-3-4-8-16(15)23-17/h3-4,7-8,11,13-14,17H,5-6,9-10H2,1-2H3/t13-,14+,17+/m0/s1. The van der Waals surface area contributed by atoms with Crippen LogP contribution >= 0.6 is 11.3 Å². The molecule has 0 N–H and O–H groups in total. The topological polar surface area (TPSA) is 42.4 Å². The number of rotatable bonds is 2. The average molecular weight is 342 g/mol. The van der Waals surface area contributed by atoms with Crippen molar-refractivity contribution in [2.45, 2.75) is 44.6 Å². The third-order valence-corrected chi connectivity index (χ3v) is 6.21. The van der Waals surface area contributed by atoms with Crippen LogP contribution in [0.3, 0.4) is 0 Å². The number of likely N-dealkylation sites (tertiary alicyclic amines) is 1. The summed E-state index contributed by atoms with van der Waals surface area (Å²) in [5.74, 6) is 1.45. The summed E-state index contributed by atoms with van der Waals surface area (Å²) >= 11 is 1.71. The van der Waals surface area contributed by atoms with Crippen LogP contribution in [0.5, 0.6) is 5.75 Å². The van der Waals surface area contributed by atoms with E-state index < -0.39 is 0 Å². The first-order valence-electron chi connectivity index (χ1n) is 8.60. The van der Waals surface area contributed by atoms with Gasteiger partial charge in [-0.25, -0.2) is 4.98 Å². The summed E-state index contributed by atoms with van der Waals surface area (Å²) in [7, 11) is 0. The van der Waals surface area contributed by atoms with Gasteiger partial charge in [0.05, 0.1) is 5.01 Å². The van der Waals surface area contributed by atoms with E-state index in [0.717, 1.165) is 47.9 Å². The van der Waals surface area contributed by atoms with Gasteiger partial charge in [0.25, 0.3) is 5.91 Å². The lowest BCUT2D eigenvalue weighted by molar-refractivity contribution is -0.139. The van der Waals surface area contributed by atoms with E-state index in [2.05, 4.69) is 23.4 Å². The molecular formula is C19H22N2O2S. The fraction of sp³-hybridized carbons (Fsp3) is 0.474. The molecule has 2 aromatic rings. The molecule has 4 nitrogen and oxygen atoms in total. The van der Waals surface area contributed by atoms with E-state index in [-0.39, 0.29) is 17.9 Å². The fourth-order valence-corrected chi connectivity index (χ4v) is 4.67. The molecule has 0 unspecified atom stereocenters. The number of carbonyl (C=O) groups excluding carboxylic acids is 1. The van der Waals surface area contributed by atoms with Gasteiger partial charge >= 0.3 is 0 Å². The predicted molar refractivity (Wildman–Crippen MR) is 94.7 cm³/mol. The van der Waals surface area contributed by atoms with Gasteiger partial charge in [-0.2, -0.15) is 0 Å². The van der Waals surface area contributed by atoms with Gasteiger partial charge in [0.2, 0.25) is 0 Å². The van der Waals surface area contributed by atoms with Gasteiger partial charge < -0.3 is 9.64 Å². The van der Waals surface area contributed by atoms with Gasteiger partial charge in [0, 0.05) is 41.6 Å². The van der Waals surface area contributed by atoms with Crippen LogP contribution in [0.15, 0.2) is 29.6 Å². The maximum absolute atomic E-state index is 13.0. The number of hydrogen-bond acceptors (Lipinski definition) is 4. The highest BCUT2D eigenvalue weighted by atomic mass is 32.1. The van der Waals surface area contributed by atoms with Crippen molar-refractivity contribution in [1.82, 2.24) is 9.88 Å². The number of thiazole rings is 1. The molecule has 0 radical (unpaired) electrons. The Kier molecular flexibility index (Phi) is 4.04. The lowest BCUT2D eigenvalue weighted by Crippen LogP contribution is -2.46. The van der Waals surface area contributed by atoms with E-state index in [1.54, 1.807) is 11.3 Å². The molecule has 3 heterocycles. The number of ether oxygens (including phenoxy) is 1. The van der Waals surface area contributed by atoms with Crippen LogP contribution in [0.2, 0.25) is 0 Å². The summed E-state index contributed by atoms with van der Waals surface area (Å²) in [6, 6.07) is 7.98. The van der Waals surface area contributed by atoms with Gasteiger partial charge in [-0.1, -0.05) is 25.1 Å². The Morgan fingerprint density at radius 3 is 2.96 bits per heavy atom. The van der Waals surface area contributed by atoms with Crippen molar-refractivity contribution in [2.24, 2.45) is 0 Å². The van der Waals surface area contributed by atoms with Crippen molar-refractivity contribution in [3.63, 3.8) is 0 Å². The predicted octanol–water partition coefficient (Wildman–Crippen LogP) is 3.72. The molecule has 1 saturated heterocycles. The minimum atomic E-state index is -0.390. The van der Waals surface area contributed by atoms with E-state index in [1.165, 1.54) is 0 Å². The first-order chi connectivity index (χ1) is 11.6. The SMILES string of the molecule is Cc1csc([C@@H]2CCCN(C(=O)[C@@H]3Oc4ccccc4[C@@H]3C)C2)n1. The summed E-state index contributed by atoms with van der Waals surface area (Å²) in [4.78, 5) is 19.7. The van der Waals surface area contributed by atoms with Gasteiger partial charge in [-0.05, 0) is 25.8 Å². The summed E-state index contributed by atoms with van der Waals surface area (Å²) in [5.41, 5.74) is 2.21. The highest BCUT2D eigenvalue weighted by Crippen LogP contribution is 2.39. The summed E-state index contributed by atoms with van der Waals surface area (Å²) in [6.07, 6.45) is 1.75. The van der Waals surface area contributed by atoms with Crippen LogP contribution in [0.25, 0.3) is 0 Å². The number of hydrogen-bond donors (Lipinski definition) is 0. The molecular weight excluding hydrogens is 320 g/mol. The zero-order valence-electron chi connectivity index (χ0n) is 14.1. The van der Waals surface area contributed by atoms with Crippen LogP contribution in [0.4, 0.5) is 0 Å². The number of benzene rings is 1. The maximum atomic E-state index is 13.0. The van der Waals surface area contributed by atoms with Crippen molar-refractivity contribution in [3.8, 4) is 5.75 Å². The summed E-state index contributed by atoms with van der Waals surface area (Å²) in [5, 5.41) is 3.25. The van der Waals surface area contributed by atoms with Crippen molar-refractivity contribution < 1.29 is 9.53 Å². The molecule has 1 fully saturated rings. The Balaban J connectivity index is 1.49. The van der Waals surface area contributed by atoms with Crippen LogP contribution < -0.4 is 4.74 Å². The van der Waals surface area contributed by atoms with Gasteiger partial charge in [-0.3, -0.25) is 4.79 Å². The molecule has 0 spiro atoms. The molecule has 5 heteroatoms. The number of piperidine rings is 1. The van der Waals surface area contributed by atoms with Gasteiger partial charge in [-0.15, -0.1) is 11.3 Å². The molecule has 1 aromatic heterocycles. The lowest BCUT2D eigenvalue weighted by atomic mass is 9.94. The second kappa shape index (κ2) is 6.20.